The molecule has 3 aromatic rings. The number of halogens is 4. The second-order valence-corrected chi connectivity index (χ2v) is 9.69. The summed E-state index contributed by atoms with van der Waals surface area (Å²) < 4.78 is 68.4. The zero-order valence-electron chi connectivity index (χ0n) is 17.8. The fourth-order valence-corrected chi connectivity index (χ4v) is 4.81. The monoisotopic (exact) mass is 496 g/mol. The highest BCUT2D eigenvalue weighted by atomic mass is 35.5. The Morgan fingerprint density at radius 2 is 1.55 bits per heavy atom. The van der Waals surface area contributed by atoms with Crippen molar-refractivity contribution in [3.63, 3.8) is 0 Å². The van der Waals surface area contributed by atoms with Crippen LogP contribution in [-0.4, -0.2) is 14.3 Å². The number of anilines is 2. The van der Waals surface area contributed by atoms with Crippen LogP contribution in [0.2, 0.25) is 5.02 Å². The molecule has 0 spiro atoms. The van der Waals surface area contributed by atoms with Crippen molar-refractivity contribution in [2.24, 2.45) is 0 Å². The molecule has 3 aromatic carbocycles. The molecule has 33 heavy (non-hydrogen) atoms. The minimum absolute atomic E-state index is 0.121. The van der Waals surface area contributed by atoms with Crippen molar-refractivity contribution < 1.29 is 26.4 Å². The van der Waals surface area contributed by atoms with Gasteiger partial charge in [0, 0.05) is 16.3 Å². The van der Waals surface area contributed by atoms with Gasteiger partial charge in [-0.1, -0.05) is 23.7 Å². The molecule has 0 aliphatic rings. The van der Waals surface area contributed by atoms with Gasteiger partial charge < -0.3 is 5.32 Å². The van der Waals surface area contributed by atoms with Gasteiger partial charge in [0.25, 0.3) is 15.9 Å². The third-order valence-corrected chi connectivity index (χ3v) is 6.51. The second-order valence-electron chi connectivity index (χ2n) is 7.60. The summed E-state index contributed by atoms with van der Waals surface area (Å²) >= 11 is 5.66. The molecule has 174 valence electrons. The van der Waals surface area contributed by atoms with Crippen LogP contribution in [0.25, 0.3) is 0 Å². The molecule has 0 saturated carbocycles. The number of aryl methyl sites for hydroxylation is 3. The topological polar surface area (TPSA) is 75.3 Å². The maximum atomic E-state index is 13.3. The van der Waals surface area contributed by atoms with Gasteiger partial charge in [0.1, 0.15) is 0 Å². The Bertz CT molecular complexity index is 1320. The molecule has 0 saturated heterocycles. The lowest BCUT2D eigenvalue weighted by Gasteiger charge is -2.15. The van der Waals surface area contributed by atoms with E-state index in [1.165, 1.54) is 18.2 Å². The van der Waals surface area contributed by atoms with Gasteiger partial charge in [-0.05, 0) is 79.9 Å². The molecular formula is C23H20ClF3N2O3S. The van der Waals surface area contributed by atoms with Gasteiger partial charge in [-0.3, -0.25) is 9.52 Å². The third-order valence-electron chi connectivity index (χ3n) is 4.75. The Morgan fingerprint density at radius 3 is 2.15 bits per heavy atom. The van der Waals surface area contributed by atoms with Gasteiger partial charge in [0.2, 0.25) is 0 Å². The van der Waals surface area contributed by atoms with E-state index in [2.05, 4.69) is 10.0 Å². The number of nitrogens with one attached hydrogen (secondary N) is 2. The highest BCUT2D eigenvalue weighted by Crippen LogP contribution is 2.36. The number of carbonyl (C=O) groups excluding carboxylic acids is 1. The standard InChI is InChI=1S/C23H20ClF3N2O3S/c1-13-8-14(2)10-18(9-13)29-33(31,32)21-11-16(5-4-15(21)3)22(30)28-20-7-6-17(24)12-19(20)23(25,26)27/h4-12,29H,1-3H3,(H,28,30). The number of rotatable bonds is 5. The molecular weight excluding hydrogens is 477 g/mol. The summed E-state index contributed by atoms with van der Waals surface area (Å²) in [4.78, 5) is 12.5. The lowest BCUT2D eigenvalue weighted by molar-refractivity contribution is -0.136. The lowest BCUT2D eigenvalue weighted by atomic mass is 10.1. The van der Waals surface area contributed by atoms with Gasteiger partial charge in [-0.2, -0.15) is 13.2 Å². The molecule has 3 rings (SSSR count). The van der Waals surface area contributed by atoms with E-state index >= 15 is 0 Å². The molecule has 0 atom stereocenters. The fourth-order valence-electron chi connectivity index (χ4n) is 3.33. The zero-order valence-corrected chi connectivity index (χ0v) is 19.4. The smallest absolute Gasteiger partial charge is 0.321 e. The van der Waals surface area contributed by atoms with E-state index in [1.807, 2.05) is 19.9 Å². The van der Waals surface area contributed by atoms with Crippen LogP contribution in [0.3, 0.4) is 0 Å². The summed E-state index contributed by atoms with van der Waals surface area (Å²) in [6.07, 6.45) is -4.74. The molecule has 0 radical (unpaired) electrons. The van der Waals surface area contributed by atoms with E-state index in [4.69, 9.17) is 11.6 Å². The predicted octanol–water partition coefficient (Wildman–Crippen LogP) is 6.34. The normalized spacial score (nSPS) is 11.8. The first-order valence-corrected chi connectivity index (χ1v) is 11.5. The fraction of sp³-hybridized carbons (Fsp3) is 0.174. The summed E-state index contributed by atoms with van der Waals surface area (Å²) in [6.45, 7) is 5.21. The molecule has 2 N–H and O–H groups in total. The van der Waals surface area contributed by atoms with E-state index in [0.29, 0.717) is 17.3 Å². The largest absolute Gasteiger partial charge is 0.418 e. The Kier molecular flexibility index (Phi) is 6.76. The maximum absolute atomic E-state index is 13.3. The third kappa shape index (κ3) is 5.85. The highest BCUT2D eigenvalue weighted by Gasteiger charge is 2.34. The van der Waals surface area contributed by atoms with E-state index in [1.54, 1.807) is 19.1 Å². The lowest BCUT2D eigenvalue weighted by Crippen LogP contribution is -2.19. The molecule has 10 heteroatoms. The van der Waals surface area contributed by atoms with Crippen LogP contribution in [0.1, 0.15) is 32.6 Å². The van der Waals surface area contributed by atoms with Crippen molar-refractivity contribution in [2.75, 3.05) is 10.0 Å². The Hall–Kier alpha value is -3.04. The summed E-state index contributed by atoms with van der Waals surface area (Å²) in [5, 5.41) is 2.05. The van der Waals surface area contributed by atoms with Crippen molar-refractivity contribution in [3.05, 3.63) is 87.4 Å². The van der Waals surface area contributed by atoms with Crippen molar-refractivity contribution in [2.45, 2.75) is 31.8 Å². The van der Waals surface area contributed by atoms with Gasteiger partial charge in [0.05, 0.1) is 16.1 Å². The molecule has 1 amide bonds. The van der Waals surface area contributed by atoms with E-state index in [-0.39, 0.29) is 15.5 Å². The summed E-state index contributed by atoms with van der Waals surface area (Å²) in [6, 6.07) is 12.0. The van der Waals surface area contributed by atoms with E-state index in [0.717, 1.165) is 23.3 Å². The van der Waals surface area contributed by atoms with Crippen LogP contribution in [0.4, 0.5) is 24.5 Å². The molecule has 0 aliphatic heterocycles. The molecule has 0 fully saturated rings. The van der Waals surface area contributed by atoms with Crippen LogP contribution in [0, 0.1) is 20.8 Å². The summed E-state index contributed by atoms with van der Waals surface area (Å²) in [5.74, 6) is -0.898. The van der Waals surface area contributed by atoms with Crippen molar-refractivity contribution >= 4 is 38.9 Å². The second kappa shape index (κ2) is 9.07. The van der Waals surface area contributed by atoms with Crippen LogP contribution in [0.15, 0.2) is 59.5 Å². The van der Waals surface area contributed by atoms with Crippen LogP contribution >= 0.6 is 11.6 Å². The number of sulfonamides is 1. The average Bonchev–Trinajstić information content (AvgIpc) is 2.67. The van der Waals surface area contributed by atoms with Crippen molar-refractivity contribution in [1.82, 2.24) is 0 Å². The highest BCUT2D eigenvalue weighted by molar-refractivity contribution is 7.92. The van der Waals surface area contributed by atoms with Crippen LogP contribution in [-0.2, 0) is 16.2 Å². The number of benzene rings is 3. The first-order chi connectivity index (χ1) is 15.3. The summed E-state index contributed by atoms with van der Waals surface area (Å²) in [7, 11) is -4.07. The quantitative estimate of drug-likeness (QED) is 0.433. The SMILES string of the molecule is Cc1cc(C)cc(NS(=O)(=O)c2cc(C(=O)Nc3ccc(Cl)cc3C(F)(F)F)ccc2C)c1. The number of hydrogen-bond acceptors (Lipinski definition) is 3. The first kappa shape index (κ1) is 24.6. The number of carbonyl (C=O) groups is 1. The van der Waals surface area contributed by atoms with E-state index < -0.39 is 33.4 Å². The van der Waals surface area contributed by atoms with Crippen molar-refractivity contribution in [1.29, 1.82) is 0 Å². The van der Waals surface area contributed by atoms with Crippen molar-refractivity contribution in [3.8, 4) is 0 Å². The Balaban J connectivity index is 1.94. The molecule has 0 bridgehead atoms. The minimum atomic E-state index is -4.74. The maximum Gasteiger partial charge on any atom is 0.418 e. The van der Waals surface area contributed by atoms with Crippen LogP contribution < -0.4 is 10.0 Å². The molecule has 0 aliphatic carbocycles. The minimum Gasteiger partial charge on any atom is -0.321 e. The number of alkyl halides is 3. The molecule has 0 heterocycles. The van der Waals surface area contributed by atoms with E-state index in [9.17, 15) is 26.4 Å². The summed E-state index contributed by atoms with van der Waals surface area (Å²) in [5.41, 5.74) is 0.727. The first-order valence-electron chi connectivity index (χ1n) is 9.66. The van der Waals surface area contributed by atoms with Gasteiger partial charge in [0.15, 0.2) is 0 Å². The molecule has 0 aromatic heterocycles. The van der Waals surface area contributed by atoms with Gasteiger partial charge >= 0.3 is 6.18 Å². The van der Waals surface area contributed by atoms with Gasteiger partial charge in [-0.25, -0.2) is 8.42 Å². The zero-order chi connectivity index (χ0) is 24.6. The van der Waals surface area contributed by atoms with Crippen LogP contribution in [0.5, 0.6) is 0 Å². The number of hydrogen-bond donors (Lipinski definition) is 2. The predicted molar refractivity (Wildman–Crippen MR) is 122 cm³/mol. The average molecular weight is 497 g/mol. The Labute approximate surface area is 194 Å². The number of amides is 1. The van der Waals surface area contributed by atoms with Gasteiger partial charge in [-0.15, -0.1) is 0 Å². The molecule has 5 nitrogen and oxygen atoms in total. The molecule has 0 unspecified atom stereocenters. The Morgan fingerprint density at radius 1 is 0.909 bits per heavy atom.